The van der Waals surface area contributed by atoms with E-state index in [-0.39, 0.29) is 36.6 Å². The lowest BCUT2D eigenvalue weighted by Crippen LogP contribution is -2.45. The molecular weight excluding hydrogens is 254 g/mol. The molecule has 0 aliphatic carbocycles. The number of carbonyl (C=O) groups excluding carboxylic acids is 2. The van der Waals surface area contributed by atoms with Gasteiger partial charge in [0.05, 0.1) is 12.2 Å². The Hall–Kier alpha value is -1.86. The van der Waals surface area contributed by atoms with Crippen molar-refractivity contribution in [1.82, 2.24) is 9.88 Å². The molecule has 6 nitrogen and oxygen atoms in total. The van der Waals surface area contributed by atoms with Gasteiger partial charge in [0, 0.05) is 6.20 Å². The molecule has 1 aromatic heterocycles. The first kappa shape index (κ1) is 12.6. The van der Waals surface area contributed by atoms with Crippen molar-refractivity contribution >= 4 is 29.0 Å². The Morgan fingerprint density at radius 1 is 1.44 bits per heavy atom. The number of amides is 2. The van der Waals surface area contributed by atoms with Crippen LogP contribution in [-0.4, -0.2) is 39.9 Å². The van der Waals surface area contributed by atoms with E-state index in [1.165, 1.54) is 0 Å². The van der Waals surface area contributed by atoms with Crippen molar-refractivity contribution in [2.45, 2.75) is 6.54 Å². The van der Waals surface area contributed by atoms with E-state index in [4.69, 9.17) is 22.7 Å². The summed E-state index contributed by atoms with van der Waals surface area (Å²) in [5.74, 6) is -0.695. The van der Waals surface area contributed by atoms with Crippen molar-refractivity contribution in [1.29, 1.82) is 0 Å². The van der Waals surface area contributed by atoms with Gasteiger partial charge in [0.1, 0.15) is 18.2 Å². The SMILES string of the molecule is NC(=S)c1cc(CN2C(=O)COCC2=O)ccn1. The van der Waals surface area contributed by atoms with E-state index >= 15 is 0 Å². The average Bonchev–Trinajstić information content (AvgIpc) is 2.34. The Balaban J connectivity index is 2.17. The van der Waals surface area contributed by atoms with Gasteiger partial charge in [0.2, 0.25) is 0 Å². The molecule has 2 rings (SSSR count). The van der Waals surface area contributed by atoms with Crippen LogP contribution in [0.1, 0.15) is 11.3 Å². The monoisotopic (exact) mass is 265 g/mol. The van der Waals surface area contributed by atoms with Crippen LogP contribution >= 0.6 is 12.2 Å². The highest BCUT2D eigenvalue weighted by molar-refractivity contribution is 7.80. The zero-order valence-corrected chi connectivity index (χ0v) is 10.3. The number of morpholine rings is 1. The normalized spacial score (nSPS) is 15.9. The van der Waals surface area contributed by atoms with E-state index in [9.17, 15) is 9.59 Å². The first-order valence-corrected chi connectivity index (χ1v) is 5.64. The summed E-state index contributed by atoms with van der Waals surface area (Å²) < 4.78 is 4.83. The van der Waals surface area contributed by atoms with Crippen LogP contribution < -0.4 is 5.73 Å². The van der Waals surface area contributed by atoms with E-state index in [0.717, 1.165) is 10.5 Å². The highest BCUT2D eigenvalue weighted by atomic mass is 32.1. The lowest BCUT2D eigenvalue weighted by atomic mass is 10.2. The van der Waals surface area contributed by atoms with Crippen LogP contribution in [0.5, 0.6) is 0 Å². The third kappa shape index (κ3) is 2.69. The largest absolute Gasteiger partial charge is 0.388 e. The van der Waals surface area contributed by atoms with Gasteiger partial charge >= 0.3 is 0 Å². The zero-order valence-electron chi connectivity index (χ0n) is 9.46. The van der Waals surface area contributed by atoms with Crippen LogP contribution in [0.4, 0.5) is 0 Å². The first-order chi connectivity index (χ1) is 8.58. The number of hydrogen-bond acceptors (Lipinski definition) is 5. The molecule has 2 amide bonds. The van der Waals surface area contributed by atoms with Crippen molar-refractivity contribution in [2.75, 3.05) is 13.2 Å². The molecule has 0 radical (unpaired) electrons. The summed E-state index contributed by atoms with van der Waals surface area (Å²) in [6, 6.07) is 3.37. The molecule has 0 bridgehead atoms. The van der Waals surface area contributed by atoms with Gasteiger partial charge in [0.25, 0.3) is 11.8 Å². The fraction of sp³-hybridized carbons (Fsp3) is 0.273. The second kappa shape index (κ2) is 5.19. The summed E-state index contributed by atoms with van der Waals surface area (Å²) in [4.78, 5) is 28.4. The van der Waals surface area contributed by atoms with Crippen molar-refractivity contribution < 1.29 is 14.3 Å². The van der Waals surface area contributed by atoms with Crippen LogP contribution in [0.25, 0.3) is 0 Å². The number of hydrogen-bond donors (Lipinski definition) is 1. The number of ether oxygens (including phenoxy) is 1. The summed E-state index contributed by atoms with van der Waals surface area (Å²) >= 11 is 4.82. The van der Waals surface area contributed by atoms with Gasteiger partial charge in [-0.2, -0.15) is 0 Å². The van der Waals surface area contributed by atoms with E-state index in [2.05, 4.69) is 4.98 Å². The fourth-order valence-electron chi connectivity index (χ4n) is 1.59. The molecule has 0 unspecified atom stereocenters. The Morgan fingerprint density at radius 2 is 2.11 bits per heavy atom. The molecule has 1 fully saturated rings. The first-order valence-electron chi connectivity index (χ1n) is 5.23. The smallest absolute Gasteiger partial charge is 0.255 e. The molecular formula is C11H11N3O3S. The minimum atomic E-state index is -0.347. The van der Waals surface area contributed by atoms with Crippen LogP contribution in [0, 0.1) is 0 Å². The predicted molar refractivity (Wildman–Crippen MR) is 66.5 cm³/mol. The lowest BCUT2D eigenvalue weighted by molar-refractivity contribution is -0.159. The van der Waals surface area contributed by atoms with Gasteiger partial charge in [0.15, 0.2) is 0 Å². The molecule has 7 heteroatoms. The number of aromatic nitrogens is 1. The predicted octanol–water partition coefficient (Wildman–Crippen LogP) is -0.399. The summed E-state index contributed by atoms with van der Waals surface area (Å²) in [5.41, 5.74) is 6.69. The molecule has 18 heavy (non-hydrogen) atoms. The van der Waals surface area contributed by atoms with Crippen molar-refractivity contribution in [3.8, 4) is 0 Å². The van der Waals surface area contributed by atoms with E-state index in [0.29, 0.717) is 5.69 Å². The molecule has 1 saturated heterocycles. The number of carbonyl (C=O) groups is 2. The maximum absolute atomic E-state index is 11.5. The lowest BCUT2D eigenvalue weighted by Gasteiger charge is -2.24. The Kier molecular flexibility index (Phi) is 3.63. The second-order valence-electron chi connectivity index (χ2n) is 3.78. The number of thiocarbonyl (C=S) groups is 1. The van der Waals surface area contributed by atoms with Gasteiger partial charge in [-0.25, -0.2) is 0 Å². The highest BCUT2D eigenvalue weighted by Crippen LogP contribution is 2.09. The van der Waals surface area contributed by atoms with Crippen molar-refractivity contribution in [3.05, 3.63) is 29.6 Å². The minimum absolute atomic E-state index is 0.0705. The van der Waals surface area contributed by atoms with Crippen molar-refractivity contribution in [3.63, 3.8) is 0 Å². The molecule has 2 N–H and O–H groups in total. The Morgan fingerprint density at radius 3 is 2.72 bits per heavy atom. The maximum atomic E-state index is 11.5. The molecule has 0 spiro atoms. The van der Waals surface area contributed by atoms with Crippen molar-refractivity contribution in [2.24, 2.45) is 5.73 Å². The summed E-state index contributed by atoms with van der Waals surface area (Å²) in [7, 11) is 0. The number of nitrogens with two attached hydrogens (primary N) is 1. The molecule has 0 saturated carbocycles. The fourth-order valence-corrected chi connectivity index (χ4v) is 1.70. The average molecular weight is 265 g/mol. The number of imide groups is 1. The maximum Gasteiger partial charge on any atom is 0.255 e. The van der Waals surface area contributed by atoms with Crippen LogP contribution in [0.15, 0.2) is 18.3 Å². The summed E-state index contributed by atoms with van der Waals surface area (Å²) in [6.45, 7) is 0.0388. The Bertz CT molecular complexity index is 502. The molecule has 1 aliphatic rings. The quantitative estimate of drug-likeness (QED) is 0.591. The highest BCUT2D eigenvalue weighted by Gasteiger charge is 2.26. The minimum Gasteiger partial charge on any atom is -0.388 e. The molecule has 0 aromatic carbocycles. The van der Waals surface area contributed by atoms with Crippen LogP contribution in [-0.2, 0) is 20.9 Å². The molecule has 0 atom stereocenters. The third-order valence-electron chi connectivity index (χ3n) is 2.47. The molecule has 94 valence electrons. The summed E-state index contributed by atoms with van der Waals surface area (Å²) in [6.07, 6.45) is 1.54. The Labute approximate surface area is 109 Å². The van der Waals surface area contributed by atoms with E-state index in [1.807, 2.05) is 0 Å². The topological polar surface area (TPSA) is 85.5 Å². The summed E-state index contributed by atoms with van der Waals surface area (Å²) in [5, 5.41) is 0. The standard InChI is InChI=1S/C11H11N3O3S/c12-11(18)8-3-7(1-2-13-8)4-14-9(15)5-17-6-10(14)16/h1-3H,4-6H2,(H2,12,18). The van der Waals surface area contributed by atoms with E-state index in [1.54, 1.807) is 18.3 Å². The molecule has 1 aliphatic heterocycles. The van der Waals surface area contributed by atoms with Gasteiger partial charge < -0.3 is 10.5 Å². The van der Waals surface area contributed by atoms with Gasteiger partial charge in [-0.05, 0) is 17.7 Å². The molecule has 1 aromatic rings. The molecule has 2 heterocycles. The van der Waals surface area contributed by atoms with Crippen LogP contribution in [0.2, 0.25) is 0 Å². The third-order valence-corrected chi connectivity index (χ3v) is 2.68. The van der Waals surface area contributed by atoms with E-state index < -0.39 is 0 Å². The number of rotatable bonds is 3. The van der Waals surface area contributed by atoms with Gasteiger partial charge in [-0.3, -0.25) is 19.5 Å². The number of nitrogens with zero attached hydrogens (tertiary/aromatic N) is 2. The number of pyridine rings is 1. The second-order valence-corrected chi connectivity index (χ2v) is 4.22. The van der Waals surface area contributed by atoms with Gasteiger partial charge in [-0.15, -0.1) is 0 Å². The van der Waals surface area contributed by atoms with Gasteiger partial charge in [-0.1, -0.05) is 12.2 Å². The zero-order chi connectivity index (χ0) is 13.1. The van der Waals surface area contributed by atoms with Crippen LogP contribution in [0.3, 0.4) is 0 Å².